The van der Waals surface area contributed by atoms with Gasteiger partial charge in [-0.2, -0.15) is 0 Å². The minimum atomic E-state index is -1.34. The van der Waals surface area contributed by atoms with Gasteiger partial charge in [0.25, 0.3) is 0 Å². The Kier molecular flexibility index (Phi) is 4.23. The molecular weight excluding hydrogens is 260 g/mol. The number of urea groups is 1. The van der Waals surface area contributed by atoms with Gasteiger partial charge in [-0.05, 0) is 0 Å². The van der Waals surface area contributed by atoms with Gasteiger partial charge >= 0.3 is 6.03 Å². The highest BCUT2D eigenvalue weighted by atomic mass is 16.6. The van der Waals surface area contributed by atoms with Gasteiger partial charge in [0.1, 0.15) is 24.4 Å². The van der Waals surface area contributed by atoms with Crippen LogP contribution in [-0.4, -0.2) is 88.5 Å². The third kappa shape index (κ3) is 2.53. The maximum absolute atomic E-state index is 11.8. The molecule has 19 heavy (non-hydrogen) atoms. The molecule has 110 valence electrons. The second-order valence-electron chi connectivity index (χ2n) is 4.55. The fraction of sp³-hybridized carbons (Fsp3) is 0.900. The van der Waals surface area contributed by atoms with Gasteiger partial charge in [-0.15, -0.1) is 0 Å². The molecule has 0 aromatic heterocycles. The van der Waals surface area contributed by atoms with Gasteiger partial charge in [-0.25, -0.2) is 4.79 Å². The largest absolute Gasteiger partial charge is 0.394 e. The van der Waals surface area contributed by atoms with E-state index < -0.39 is 49.5 Å². The summed E-state index contributed by atoms with van der Waals surface area (Å²) < 4.78 is 10.3. The first-order chi connectivity index (χ1) is 8.99. The van der Waals surface area contributed by atoms with Crippen LogP contribution in [0.3, 0.4) is 0 Å². The third-order valence-electron chi connectivity index (χ3n) is 3.39. The number of hydrogen-bond donors (Lipinski definition) is 5. The van der Waals surface area contributed by atoms with E-state index in [0.717, 1.165) is 4.90 Å². The van der Waals surface area contributed by atoms with E-state index in [9.17, 15) is 20.1 Å². The summed E-state index contributed by atoms with van der Waals surface area (Å²) in [5.41, 5.74) is 0. The molecule has 2 saturated heterocycles. The monoisotopic (exact) mass is 278 g/mol. The average Bonchev–Trinajstić information content (AvgIpc) is 2.67. The van der Waals surface area contributed by atoms with Gasteiger partial charge in [0.15, 0.2) is 12.5 Å². The highest BCUT2D eigenvalue weighted by molar-refractivity contribution is 5.75. The molecule has 2 unspecified atom stereocenters. The number of nitrogens with one attached hydrogen (secondary N) is 1. The molecule has 0 aromatic rings. The summed E-state index contributed by atoms with van der Waals surface area (Å²) in [6.07, 6.45) is -6.51. The van der Waals surface area contributed by atoms with Crippen molar-refractivity contribution in [1.82, 2.24) is 10.2 Å². The molecule has 2 heterocycles. The van der Waals surface area contributed by atoms with E-state index in [1.807, 2.05) is 0 Å². The molecule has 9 heteroatoms. The standard InChI is InChI=1S/C10H18N2O7/c1-18-4-2-12(10(17)11-8(4)16)9-7(15)6(14)5(3-13)19-9/h4-9,13-16H,2-3H2,1H3,(H,11,17)/t4?,5-,6-,7+,8?,9-/m1/s1. The molecule has 0 aromatic carbocycles. The van der Waals surface area contributed by atoms with Crippen LogP contribution in [-0.2, 0) is 9.47 Å². The second-order valence-corrected chi connectivity index (χ2v) is 4.55. The van der Waals surface area contributed by atoms with Crippen LogP contribution in [0.5, 0.6) is 0 Å². The lowest BCUT2D eigenvalue weighted by Gasteiger charge is -2.39. The van der Waals surface area contributed by atoms with Crippen LogP contribution in [0.1, 0.15) is 0 Å². The first-order valence-corrected chi connectivity index (χ1v) is 5.90. The van der Waals surface area contributed by atoms with Gasteiger partial charge in [-0.3, -0.25) is 4.90 Å². The fourth-order valence-electron chi connectivity index (χ4n) is 2.24. The maximum Gasteiger partial charge on any atom is 0.321 e. The van der Waals surface area contributed by atoms with Crippen molar-refractivity contribution in [3.05, 3.63) is 0 Å². The molecule has 2 aliphatic rings. The van der Waals surface area contributed by atoms with E-state index in [4.69, 9.17) is 14.6 Å². The number of carbonyl (C=O) groups excluding carboxylic acids is 1. The van der Waals surface area contributed by atoms with Crippen LogP contribution < -0.4 is 5.32 Å². The predicted molar refractivity (Wildman–Crippen MR) is 59.8 cm³/mol. The Labute approximate surface area is 109 Å². The third-order valence-corrected chi connectivity index (χ3v) is 3.39. The van der Waals surface area contributed by atoms with Gasteiger partial charge in [0, 0.05) is 7.11 Å². The van der Waals surface area contributed by atoms with Gasteiger partial charge < -0.3 is 35.2 Å². The van der Waals surface area contributed by atoms with Crippen LogP contribution in [0.4, 0.5) is 4.79 Å². The number of hydrogen-bond acceptors (Lipinski definition) is 7. The van der Waals surface area contributed by atoms with Crippen LogP contribution >= 0.6 is 0 Å². The summed E-state index contributed by atoms with van der Waals surface area (Å²) in [4.78, 5) is 12.9. The van der Waals surface area contributed by atoms with Crippen molar-refractivity contribution in [2.45, 2.75) is 36.9 Å². The van der Waals surface area contributed by atoms with Gasteiger partial charge in [0.2, 0.25) is 0 Å². The highest BCUT2D eigenvalue weighted by Crippen LogP contribution is 2.25. The zero-order chi connectivity index (χ0) is 14.2. The summed E-state index contributed by atoms with van der Waals surface area (Å²) in [6.45, 7) is -0.476. The van der Waals surface area contributed by atoms with Crippen LogP contribution in [0, 0.1) is 0 Å². The molecule has 6 atom stereocenters. The minimum Gasteiger partial charge on any atom is -0.394 e. The number of aliphatic hydroxyl groups is 4. The smallest absolute Gasteiger partial charge is 0.321 e. The second kappa shape index (κ2) is 5.57. The number of carbonyl (C=O) groups is 1. The number of nitrogens with zero attached hydrogens (tertiary/aromatic N) is 1. The van der Waals surface area contributed by atoms with Crippen molar-refractivity contribution in [2.24, 2.45) is 0 Å². The Morgan fingerprint density at radius 1 is 1.42 bits per heavy atom. The molecule has 5 N–H and O–H groups in total. The molecule has 2 amide bonds. The molecule has 0 radical (unpaired) electrons. The molecule has 9 nitrogen and oxygen atoms in total. The Hall–Kier alpha value is -0.970. The predicted octanol–water partition coefficient (Wildman–Crippen LogP) is -3.22. The molecule has 0 spiro atoms. The van der Waals surface area contributed by atoms with E-state index >= 15 is 0 Å². The first-order valence-electron chi connectivity index (χ1n) is 5.90. The molecule has 2 aliphatic heterocycles. The van der Waals surface area contributed by atoms with Crippen LogP contribution in [0.25, 0.3) is 0 Å². The number of methoxy groups -OCH3 is 1. The SMILES string of the molecule is COC1CN([C@@H]2O[C@H](CO)[C@@H](O)[C@@H]2O)C(=O)NC1O. The Bertz CT molecular complexity index is 342. The van der Waals surface area contributed by atoms with Crippen molar-refractivity contribution < 1.29 is 34.7 Å². The summed E-state index contributed by atoms with van der Waals surface area (Å²) >= 11 is 0. The summed E-state index contributed by atoms with van der Waals surface area (Å²) in [6, 6.07) is -0.643. The Morgan fingerprint density at radius 3 is 2.63 bits per heavy atom. The lowest BCUT2D eigenvalue weighted by molar-refractivity contribution is -0.120. The zero-order valence-electron chi connectivity index (χ0n) is 10.3. The zero-order valence-corrected chi connectivity index (χ0v) is 10.3. The van der Waals surface area contributed by atoms with Crippen molar-refractivity contribution in [3.63, 3.8) is 0 Å². The lowest BCUT2D eigenvalue weighted by atomic mass is 10.1. The van der Waals surface area contributed by atoms with Crippen molar-refractivity contribution in [2.75, 3.05) is 20.3 Å². The Balaban J connectivity index is 2.10. The number of amides is 2. The van der Waals surface area contributed by atoms with E-state index in [1.165, 1.54) is 7.11 Å². The fourth-order valence-corrected chi connectivity index (χ4v) is 2.24. The van der Waals surface area contributed by atoms with Crippen LogP contribution in [0.15, 0.2) is 0 Å². The quantitative estimate of drug-likeness (QED) is 0.367. The average molecular weight is 278 g/mol. The summed E-state index contributed by atoms with van der Waals surface area (Å²) in [5.74, 6) is 0. The van der Waals surface area contributed by atoms with Crippen molar-refractivity contribution in [1.29, 1.82) is 0 Å². The van der Waals surface area contributed by atoms with Gasteiger partial charge in [0.05, 0.1) is 13.2 Å². The van der Waals surface area contributed by atoms with E-state index in [-0.39, 0.29) is 6.54 Å². The normalized spacial score (nSPS) is 43.4. The molecular formula is C10H18N2O7. The summed E-state index contributed by atoms with van der Waals surface area (Å²) in [5, 5.41) is 40.3. The number of aliphatic hydroxyl groups excluding tert-OH is 4. The van der Waals surface area contributed by atoms with Crippen LogP contribution in [0.2, 0.25) is 0 Å². The van der Waals surface area contributed by atoms with Crippen molar-refractivity contribution >= 4 is 6.03 Å². The van der Waals surface area contributed by atoms with Gasteiger partial charge in [-0.1, -0.05) is 0 Å². The lowest BCUT2D eigenvalue weighted by Crippen LogP contribution is -2.64. The first kappa shape index (κ1) is 14.4. The molecule has 0 saturated carbocycles. The van der Waals surface area contributed by atoms with E-state index in [0.29, 0.717) is 0 Å². The Morgan fingerprint density at radius 2 is 2.11 bits per heavy atom. The van der Waals surface area contributed by atoms with Crippen molar-refractivity contribution in [3.8, 4) is 0 Å². The highest BCUT2D eigenvalue weighted by Gasteiger charge is 2.49. The summed E-state index contributed by atoms with van der Waals surface area (Å²) in [7, 11) is 1.38. The molecule has 2 fully saturated rings. The molecule has 2 rings (SSSR count). The number of rotatable bonds is 3. The molecule has 0 aliphatic carbocycles. The number of ether oxygens (including phenoxy) is 2. The topological polar surface area (TPSA) is 132 Å². The van der Waals surface area contributed by atoms with E-state index in [1.54, 1.807) is 0 Å². The van der Waals surface area contributed by atoms with E-state index in [2.05, 4.69) is 5.32 Å². The maximum atomic E-state index is 11.8. The minimum absolute atomic E-state index is 0.00387. The molecule has 0 bridgehead atoms.